The Morgan fingerprint density at radius 1 is 1.12 bits per heavy atom. The maximum absolute atomic E-state index is 12.3. The molecule has 1 rings (SSSR count). The molecule has 1 aromatic carbocycles. The van der Waals surface area contributed by atoms with Gasteiger partial charge in [0.15, 0.2) is 0 Å². The smallest absolute Gasteiger partial charge is 0.319 e. The monoisotopic (exact) mass is 376 g/mol. The second-order valence-corrected chi connectivity index (χ2v) is 7.47. The van der Waals surface area contributed by atoms with E-state index < -0.39 is 5.54 Å². The second kappa shape index (κ2) is 8.55. The van der Waals surface area contributed by atoms with E-state index in [0.717, 1.165) is 0 Å². The number of halogens is 2. The van der Waals surface area contributed by atoms with Crippen LogP contribution in [0.15, 0.2) is 18.2 Å². The molecule has 1 aromatic rings. The minimum absolute atomic E-state index is 0. The first-order valence-electron chi connectivity index (χ1n) is 7.35. The number of nitrogens with two attached hydrogens (primary N) is 1. The lowest BCUT2D eigenvalue weighted by molar-refractivity contribution is 0.0916. The van der Waals surface area contributed by atoms with Crippen molar-refractivity contribution in [2.75, 3.05) is 11.9 Å². The van der Waals surface area contributed by atoms with Crippen LogP contribution in [0, 0.1) is 0 Å². The first-order valence-corrected chi connectivity index (χ1v) is 7.73. The maximum Gasteiger partial charge on any atom is 0.319 e. The average molecular weight is 377 g/mol. The number of rotatable bonds is 4. The van der Waals surface area contributed by atoms with Gasteiger partial charge in [-0.3, -0.25) is 4.79 Å². The zero-order valence-electron chi connectivity index (χ0n) is 14.6. The Bertz CT molecular complexity index is 598. The van der Waals surface area contributed by atoms with Gasteiger partial charge < -0.3 is 21.7 Å². The highest BCUT2D eigenvalue weighted by atomic mass is 35.5. The molecular formula is C16H26Cl2N4O2. The van der Waals surface area contributed by atoms with Crippen molar-refractivity contribution >= 4 is 41.6 Å². The molecule has 0 heterocycles. The SMILES string of the molecule is CC(C)(C)NC(=O)Nc1ccc(Cl)c(C(=O)NC(C)(C)CN)c1.Cl. The van der Waals surface area contributed by atoms with Crippen molar-refractivity contribution in [3.63, 3.8) is 0 Å². The summed E-state index contributed by atoms with van der Waals surface area (Å²) in [5, 5.41) is 8.57. The Labute approximate surface area is 154 Å². The number of hydrogen-bond donors (Lipinski definition) is 4. The number of amides is 3. The highest BCUT2D eigenvalue weighted by molar-refractivity contribution is 6.34. The zero-order chi connectivity index (χ0) is 17.8. The van der Waals surface area contributed by atoms with E-state index in [1.54, 1.807) is 12.1 Å². The quantitative estimate of drug-likeness (QED) is 0.649. The van der Waals surface area contributed by atoms with Gasteiger partial charge in [0.1, 0.15) is 0 Å². The Hall–Kier alpha value is -1.50. The summed E-state index contributed by atoms with van der Waals surface area (Å²) in [6.07, 6.45) is 0. The lowest BCUT2D eigenvalue weighted by Crippen LogP contribution is -2.48. The van der Waals surface area contributed by atoms with Crippen LogP contribution in [0.5, 0.6) is 0 Å². The highest BCUT2D eigenvalue weighted by Crippen LogP contribution is 2.21. The van der Waals surface area contributed by atoms with Gasteiger partial charge in [0.2, 0.25) is 0 Å². The van der Waals surface area contributed by atoms with E-state index in [0.29, 0.717) is 17.3 Å². The van der Waals surface area contributed by atoms with Crippen LogP contribution in [-0.4, -0.2) is 29.6 Å². The number of carbonyl (C=O) groups excluding carboxylic acids is 2. The molecule has 136 valence electrons. The lowest BCUT2D eigenvalue weighted by Gasteiger charge is -2.24. The molecule has 24 heavy (non-hydrogen) atoms. The zero-order valence-corrected chi connectivity index (χ0v) is 16.2. The molecule has 0 atom stereocenters. The second-order valence-electron chi connectivity index (χ2n) is 7.07. The summed E-state index contributed by atoms with van der Waals surface area (Å²) < 4.78 is 0. The van der Waals surface area contributed by atoms with Crippen LogP contribution < -0.4 is 21.7 Å². The van der Waals surface area contributed by atoms with E-state index in [1.807, 2.05) is 34.6 Å². The largest absolute Gasteiger partial charge is 0.346 e. The minimum atomic E-state index is -0.548. The van der Waals surface area contributed by atoms with Crippen LogP contribution in [-0.2, 0) is 0 Å². The number of hydrogen-bond acceptors (Lipinski definition) is 3. The van der Waals surface area contributed by atoms with E-state index >= 15 is 0 Å². The third kappa shape index (κ3) is 7.38. The summed E-state index contributed by atoms with van der Waals surface area (Å²) in [6, 6.07) is 4.38. The van der Waals surface area contributed by atoms with Crippen molar-refractivity contribution < 1.29 is 9.59 Å². The summed E-state index contributed by atoms with van der Waals surface area (Å²) in [4.78, 5) is 24.2. The summed E-state index contributed by atoms with van der Waals surface area (Å²) in [6.45, 7) is 9.56. The van der Waals surface area contributed by atoms with Gasteiger partial charge >= 0.3 is 6.03 Å². The van der Waals surface area contributed by atoms with E-state index in [1.165, 1.54) is 6.07 Å². The Morgan fingerprint density at radius 2 is 1.71 bits per heavy atom. The molecule has 3 amide bonds. The summed E-state index contributed by atoms with van der Waals surface area (Å²) in [5.74, 6) is -0.342. The molecule has 8 heteroatoms. The van der Waals surface area contributed by atoms with Crippen LogP contribution in [0.2, 0.25) is 5.02 Å². The number of benzene rings is 1. The lowest BCUT2D eigenvalue weighted by atomic mass is 10.0. The van der Waals surface area contributed by atoms with Gasteiger partial charge in [-0.1, -0.05) is 11.6 Å². The predicted molar refractivity (Wildman–Crippen MR) is 101 cm³/mol. The van der Waals surface area contributed by atoms with Crippen molar-refractivity contribution in [3.05, 3.63) is 28.8 Å². The fourth-order valence-electron chi connectivity index (χ4n) is 1.71. The third-order valence-electron chi connectivity index (χ3n) is 2.92. The molecule has 0 radical (unpaired) electrons. The van der Waals surface area contributed by atoms with Crippen LogP contribution in [0.3, 0.4) is 0 Å². The molecular weight excluding hydrogens is 351 g/mol. The molecule has 0 aliphatic heterocycles. The van der Waals surface area contributed by atoms with Gasteiger partial charge in [0.05, 0.1) is 10.6 Å². The van der Waals surface area contributed by atoms with Crippen molar-refractivity contribution in [1.29, 1.82) is 0 Å². The molecule has 6 nitrogen and oxygen atoms in total. The van der Waals surface area contributed by atoms with Crippen LogP contribution in [0.4, 0.5) is 10.5 Å². The molecule has 0 saturated heterocycles. The Balaban J connectivity index is 0.00000529. The van der Waals surface area contributed by atoms with E-state index in [2.05, 4.69) is 16.0 Å². The molecule has 0 fully saturated rings. The van der Waals surface area contributed by atoms with E-state index in [-0.39, 0.29) is 35.4 Å². The fraction of sp³-hybridized carbons (Fsp3) is 0.500. The number of anilines is 1. The molecule has 0 unspecified atom stereocenters. The maximum atomic E-state index is 12.3. The summed E-state index contributed by atoms with van der Waals surface area (Å²) in [7, 11) is 0. The molecule has 0 saturated carbocycles. The third-order valence-corrected chi connectivity index (χ3v) is 3.25. The van der Waals surface area contributed by atoms with Crippen LogP contribution in [0.25, 0.3) is 0 Å². The average Bonchev–Trinajstić information content (AvgIpc) is 2.38. The highest BCUT2D eigenvalue weighted by Gasteiger charge is 2.21. The number of urea groups is 1. The topological polar surface area (TPSA) is 96.2 Å². The van der Waals surface area contributed by atoms with Crippen molar-refractivity contribution in [2.45, 2.75) is 45.7 Å². The van der Waals surface area contributed by atoms with Crippen LogP contribution >= 0.6 is 24.0 Å². The first-order chi connectivity index (χ1) is 10.4. The first kappa shape index (κ1) is 22.5. The minimum Gasteiger partial charge on any atom is -0.346 e. The Kier molecular flexibility index (Phi) is 8.02. The van der Waals surface area contributed by atoms with E-state index in [4.69, 9.17) is 17.3 Å². The molecule has 0 aliphatic rings. The van der Waals surface area contributed by atoms with Crippen molar-refractivity contribution in [1.82, 2.24) is 10.6 Å². The van der Waals surface area contributed by atoms with Gasteiger partial charge in [-0.05, 0) is 52.8 Å². The van der Waals surface area contributed by atoms with E-state index in [9.17, 15) is 9.59 Å². The van der Waals surface area contributed by atoms with Gasteiger partial charge in [0, 0.05) is 23.3 Å². The summed E-state index contributed by atoms with van der Waals surface area (Å²) >= 11 is 6.09. The number of nitrogens with one attached hydrogen (secondary N) is 3. The predicted octanol–water partition coefficient (Wildman–Crippen LogP) is 3.15. The molecule has 0 spiro atoms. The molecule has 0 bridgehead atoms. The normalized spacial score (nSPS) is 11.3. The Morgan fingerprint density at radius 3 is 2.21 bits per heavy atom. The fourth-order valence-corrected chi connectivity index (χ4v) is 1.91. The van der Waals surface area contributed by atoms with Gasteiger partial charge in [-0.2, -0.15) is 0 Å². The summed E-state index contributed by atoms with van der Waals surface area (Å²) in [5.41, 5.74) is 5.46. The van der Waals surface area contributed by atoms with Gasteiger partial charge in [0.25, 0.3) is 5.91 Å². The number of carbonyl (C=O) groups is 2. The molecule has 0 aromatic heterocycles. The standard InChI is InChI=1S/C16H25ClN4O2.ClH/c1-15(2,3)21-14(23)19-10-6-7-12(17)11(8-10)13(22)20-16(4,5)9-18;/h6-8H,9,18H2,1-5H3,(H,20,22)(H2,19,21,23);1H. The molecule has 0 aliphatic carbocycles. The van der Waals surface area contributed by atoms with Crippen molar-refractivity contribution in [3.8, 4) is 0 Å². The van der Waals surface area contributed by atoms with Crippen LogP contribution in [0.1, 0.15) is 45.0 Å². The molecule has 5 N–H and O–H groups in total. The van der Waals surface area contributed by atoms with Gasteiger partial charge in [-0.15, -0.1) is 12.4 Å². The van der Waals surface area contributed by atoms with Crippen molar-refractivity contribution in [2.24, 2.45) is 5.73 Å². The van der Waals surface area contributed by atoms with Gasteiger partial charge in [-0.25, -0.2) is 4.79 Å².